The standard InChI is InChI=1S/C18H20N6OS/c1-13-7-9-14(10-8-13)20-11-16-22-23-18(26-12-17(25)21-19)24(16)15-5-3-2-4-6-15/h2-10,20H,11-12,19H2,1H3,(H,21,25). The highest BCUT2D eigenvalue weighted by Gasteiger charge is 2.15. The Labute approximate surface area is 156 Å². The van der Waals surface area contributed by atoms with Crippen LogP contribution in [-0.2, 0) is 11.3 Å². The molecular weight excluding hydrogens is 348 g/mol. The van der Waals surface area contributed by atoms with Gasteiger partial charge in [-0.1, -0.05) is 47.7 Å². The van der Waals surface area contributed by atoms with Crippen molar-refractivity contribution in [1.29, 1.82) is 0 Å². The molecule has 1 heterocycles. The number of rotatable bonds is 7. The summed E-state index contributed by atoms with van der Waals surface area (Å²) in [6, 6.07) is 18.0. The van der Waals surface area contributed by atoms with E-state index in [0.717, 1.165) is 17.2 Å². The van der Waals surface area contributed by atoms with Crippen LogP contribution in [0.25, 0.3) is 5.69 Å². The van der Waals surface area contributed by atoms with Crippen molar-refractivity contribution in [3.05, 3.63) is 66.0 Å². The van der Waals surface area contributed by atoms with Crippen molar-refractivity contribution in [2.75, 3.05) is 11.1 Å². The smallest absolute Gasteiger partial charge is 0.244 e. The Balaban J connectivity index is 1.83. The lowest BCUT2D eigenvalue weighted by Gasteiger charge is -2.11. The monoisotopic (exact) mass is 368 g/mol. The van der Waals surface area contributed by atoms with Crippen LogP contribution < -0.4 is 16.6 Å². The lowest BCUT2D eigenvalue weighted by atomic mass is 10.2. The highest BCUT2D eigenvalue weighted by molar-refractivity contribution is 7.99. The normalized spacial score (nSPS) is 10.5. The zero-order valence-electron chi connectivity index (χ0n) is 14.3. The van der Waals surface area contributed by atoms with Crippen molar-refractivity contribution in [3.63, 3.8) is 0 Å². The van der Waals surface area contributed by atoms with E-state index in [2.05, 4.69) is 40.0 Å². The van der Waals surface area contributed by atoms with Crippen LogP contribution in [0, 0.1) is 6.92 Å². The number of hydrogen-bond donors (Lipinski definition) is 3. The largest absolute Gasteiger partial charge is 0.378 e. The number of hydrogen-bond acceptors (Lipinski definition) is 6. The molecule has 2 aromatic carbocycles. The van der Waals surface area contributed by atoms with Crippen LogP contribution in [0.2, 0.25) is 0 Å². The lowest BCUT2D eigenvalue weighted by Crippen LogP contribution is -2.31. The summed E-state index contributed by atoms with van der Waals surface area (Å²) in [6.45, 7) is 2.56. The number of anilines is 1. The molecule has 0 fully saturated rings. The molecule has 26 heavy (non-hydrogen) atoms. The number of aromatic nitrogens is 3. The van der Waals surface area contributed by atoms with Gasteiger partial charge in [0.2, 0.25) is 5.91 Å². The predicted molar refractivity (Wildman–Crippen MR) is 103 cm³/mol. The van der Waals surface area contributed by atoms with Crippen molar-refractivity contribution in [2.45, 2.75) is 18.6 Å². The van der Waals surface area contributed by atoms with Crippen molar-refractivity contribution in [1.82, 2.24) is 20.2 Å². The number of para-hydroxylation sites is 1. The number of amides is 1. The number of carbonyl (C=O) groups excluding carboxylic acids is 1. The first kappa shape index (κ1) is 18.0. The molecule has 0 saturated carbocycles. The van der Waals surface area contributed by atoms with Gasteiger partial charge in [-0.2, -0.15) is 0 Å². The topological polar surface area (TPSA) is 97.9 Å². The van der Waals surface area contributed by atoms with Crippen molar-refractivity contribution >= 4 is 23.4 Å². The van der Waals surface area contributed by atoms with E-state index in [4.69, 9.17) is 5.84 Å². The van der Waals surface area contributed by atoms with Gasteiger partial charge in [-0.15, -0.1) is 10.2 Å². The Bertz CT molecular complexity index is 863. The number of nitrogens with zero attached hydrogens (tertiary/aromatic N) is 3. The van der Waals surface area contributed by atoms with E-state index in [1.54, 1.807) is 0 Å². The number of nitrogens with two attached hydrogens (primary N) is 1. The van der Waals surface area contributed by atoms with Crippen LogP contribution in [0.4, 0.5) is 5.69 Å². The fourth-order valence-electron chi connectivity index (χ4n) is 2.37. The molecule has 0 unspecified atom stereocenters. The van der Waals surface area contributed by atoms with Crippen LogP contribution in [0.15, 0.2) is 59.8 Å². The Morgan fingerprint density at radius 3 is 2.54 bits per heavy atom. The maximum atomic E-state index is 11.5. The summed E-state index contributed by atoms with van der Waals surface area (Å²) in [4.78, 5) is 11.5. The molecule has 0 saturated heterocycles. The quantitative estimate of drug-likeness (QED) is 0.256. The van der Waals surface area contributed by atoms with Gasteiger partial charge in [-0.05, 0) is 31.2 Å². The number of aryl methyl sites for hydroxylation is 1. The molecule has 1 amide bonds. The van der Waals surface area contributed by atoms with E-state index in [1.165, 1.54) is 17.3 Å². The molecule has 134 valence electrons. The van der Waals surface area contributed by atoms with E-state index in [9.17, 15) is 4.79 Å². The first-order valence-corrected chi connectivity index (χ1v) is 9.08. The molecule has 4 N–H and O–H groups in total. The molecule has 3 aromatic rings. The summed E-state index contributed by atoms with van der Waals surface area (Å²) in [6.07, 6.45) is 0. The predicted octanol–water partition coefficient (Wildman–Crippen LogP) is 2.27. The molecule has 0 atom stereocenters. The summed E-state index contributed by atoms with van der Waals surface area (Å²) < 4.78 is 1.94. The Morgan fingerprint density at radius 2 is 1.85 bits per heavy atom. The second-order valence-corrected chi connectivity index (χ2v) is 6.59. The highest BCUT2D eigenvalue weighted by atomic mass is 32.2. The third-order valence-corrected chi connectivity index (χ3v) is 4.64. The average Bonchev–Trinajstić information content (AvgIpc) is 3.09. The summed E-state index contributed by atoms with van der Waals surface area (Å²) in [7, 11) is 0. The molecule has 3 rings (SSSR count). The molecule has 0 radical (unpaired) electrons. The zero-order valence-corrected chi connectivity index (χ0v) is 15.2. The molecule has 7 nitrogen and oxygen atoms in total. The van der Waals surface area contributed by atoms with Crippen molar-refractivity contribution < 1.29 is 4.79 Å². The SMILES string of the molecule is Cc1ccc(NCc2nnc(SCC(=O)NN)n2-c2ccccc2)cc1. The van der Waals surface area contributed by atoms with E-state index < -0.39 is 0 Å². The van der Waals surface area contributed by atoms with Crippen molar-refractivity contribution in [2.24, 2.45) is 5.84 Å². The minimum Gasteiger partial charge on any atom is -0.378 e. The van der Waals surface area contributed by atoms with Crippen molar-refractivity contribution in [3.8, 4) is 5.69 Å². The summed E-state index contributed by atoms with van der Waals surface area (Å²) in [5.41, 5.74) is 5.28. The number of nitrogens with one attached hydrogen (secondary N) is 2. The molecule has 0 spiro atoms. The minimum atomic E-state index is -0.267. The maximum absolute atomic E-state index is 11.5. The van der Waals surface area contributed by atoms with E-state index in [0.29, 0.717) is 11.7 Å². The molecule has 8 heteroatoms. The number of benzene rings is 2. The molecule has 0 aliphatic rings. The maximum Gasteiger partial charge on any atom is 0.244 e. The molecule has 0 bridgehead atoms. The lowest BCUT2D eigenvalue weighted by molar-refractivity contribution is -0.118. The third kappa shape index (κ3) is 4.41. The molecular formula is C18H20N6OS. The van der Waals surface area contributed by atoms with Gasteiger partial charge >= 0.3 is 0 Å². The van der Waals surface area contributed by atoms with Gasteiger partial charge in [-0.3, -0.25) is 14.8 Å². The Morgan fingerprint density at radius 1 is 1.12 bits per heavy atom. The second-order valence-electron chi connectivity index (χ2n) is 5.65. The van der Waals surface area contributed by atoms with Gasteiger partial charge in [0.05, 0.1) is 12.3 Å². The highest BCUT2D eigenvalue weighted by Crippen LogP contribution is 2.22. The molecule has 1 aromatic heterocycles. The van der Waals surface area contributed by atoms with Gasteiger partial charge in [0.1, 0.15) is 0 Å². The average molecular weight is 368 g/mol. The van der Waals surface area contributed by atoms with Gasteiger partial charge in [0.25, 0.3) is 0 Å². The third-order valence-electron chi connectivity index (χ3n) is 3.71. The fraction of sp³-hybridized carbons (Fsp3) is 0.167. The van der Waals surface area contributed by atoms with Crippen LogP contribution in [-0.4, -0.2) is 26.4 Å². The van der Waals surface area contributed by atoms with Gasteiger partial charge in [-0.25, -0.2) is 5.84 Å². The van der Waals surface area contributed by atoms with Crippen LogP contribution >= 0.6 is 11.8 Å². The van der Waals surface area contributed by atoms with E-state index >= 15 is 0 Å². The number of thioether (sulfide) groups is 1. The number of carbonyl (C=O) groups is 1. The van der Waals surface area contributed by atoms with Gasteiger partial charge < -0.3 is 5.32 Å². The Hall–Kier alpha value is -2.84. The first-order valence-electron chi connectivity index (χ1n) is 8.10. The molecule has 0 aliphatic carbocycles. The summed E-state index contributed by atoms with van der Waals surface area (Å²) in [5.74, 6) is 5.81. The summed E-state index contributed by atoms with van der Waals surface area (Å²) >= 11 is 1.29. The van der Waals surface area contributed by atoms with Gasteiger partial charge in [0.15, 0.2) is 11.0 Å². The zero-order chi connectivity index (χ0) is 18.4. The van der Waals surface area contributed by atoms with Gasteiger partial charge in [0, 0.05) is 11.4 Å². The van der Waals surface area contributed by atoms with Crippen LogP contribution in [0.1, 0.15) is 11.4 Å². The number of hydrazine groups is 1. The minimum absolute atomic E-state index is 0.173. The summed E-state index contributed by atoms with van der Waals surface area (Å²) in [5, 5.41) is 12.5. The molecule has 0 aliphatic heterocycles. The van der Waals surface area contributed by atoms with E-state index in [-0.39, 0.29) is 11.7 Å². The van der Waals surface area contributed by atoms with Crippen LogP contribution in [0.5, 0.6) is 0 Å². The second kappa shape index (κ2) is 8.50. The van der Waals surface area contributed by atoms with Crippen LogP contribution in [0.3, 0.4) is 0 Å². The Kier molecular flexibility index (Phi) is 5.88. The fourth-order valence-corrected chi connectivity index (χ4v) is 3.15. The van der Waals surface area contributed by atoms with E-state index in [1.807, 2.05) is 47.0 Å². The first-order chi connectivity index (χ1) is 12.7.